The Morgan fingerprint density at radius 1 is 1.39 bits per heavy atom. The van der Waals surface area contributed by atoms with Crippen molar-refractivity contribution in [2.45, 2.75) is 46.1 Å². The molecule has 0 saturated heterocycles. The summed E-state index contributed by atoms with van der Waals surface area (Å²) in [5.41, 5.74) is 4.37. The molecule has 4 heteroatoms. The second-order valence-electron chi connectivity index (χ2n) is 5.78. The predicted octanol–water partition coefficient (Wildman–Crippen LogP) is 4.40. The van der Waals surface area contributed by atoms with Crippen molar-refractivity contribution in [3.8, 4) is 0 Å². The van der Waals surface area contributed by atoms with Crippen LogP contribution in [0.3, 0.4) is 0 Å². The molecule has 2 rings (SSSR count). The summed E-state index contributed by atoms with van der Waals surface area (Å²) in [7, 11) is 0. The van der Waals surface area contributed by atoms with Gasteiger partial charge in [-0.25, -0.2) is 0 Å². The predicted molar refractivity (Wildman–Crippen MR) is 82.5 cm³/mol. The summed E-state index contributed by atoms with van der Waals surface area (Å²) in [6, 6.07) is 2.58. The zero-order chi connectivity index (χ0) is 13.3. The minimum Gasteiger partial charge on any atom is -0.271 e. The summed E-state index contributed by atoms with van der Waals surface area (Å²) in [4.78, 5) is 1.37. The van der Waals surface area contributed by atoms with E-state index in [0.29, 0.717) is 12.0 Å². The minimum atomic E-state index is 0.315. The maximum absolute atomic E-state index is 5.82. The summed E-state index contributed by atoms with van der Waals surface area (Å²) in [6.45, 7) is 6.89. The van der Waals surface area contributed by atoms with E-state index in [9.17, 15) is 0 Å². The number of nitrogens with one attached hydrogen (secondary N) is 1. The second-order valence-corrected chi connectivity index (χ2v) is 8.18. The molecule has 0 amide bonds. The number of hydrogen-bond donors (Lipinski definition) is 2. The Bertz CT molecular complexity index is 385. The van der Waals surface area contributed by atoms with Gasteiger partial charge in [-0.2, -0.15) is 0 Å². The number of nitrogens with two attached hydrogens (primary N) is 1. The van der Waals surface area contributed by atoms with E-state index in [1.807, 2.05) is 11.3 Å². The monoisotopic (exact) mass is 330 g/mol. The first kappa shape index (κ1) is 14.5. The molecule has 102 valence electrons. The Kier molecular flexibility index (Phi) is 4.86. The molecule has 0 spiro atoms. The summed E-state index contributed by atoms with van der Waals surface area (Å²) in [5.74, 6) is 8.16. The third-order valence-corrected chi connectivity index (χ3v) is 6.69. The Morgan fingerprint density at radius 3 is 2.61 bits per heavy atom. The molecule has 1 saturated carbocycles. The molecule has 0 aromatic carbocycles. The zero-order valence-corrected chi connectivity index (χ0v) is 13.8. The van der Waals surface area contributed by atoms with Crippen molar-refractivity contribution < 1.29 is 0 Å². The molecular weight excluding hydrogens is 308 g/mol. The largest absolute Gasteiger partial charge is 0.271 e. The Labute approximate surface area is 122 Å². The fourth-order valence-corrected chi connectivity index (χ4v) is 4.70. The van der Waals surface area contributed by atoms with Crippen LogP contribution in [0.15, 0.2) is 9.85 Å². The van der Waals surface area contributed by atoms with Crippen LogP contribution in [0.1, 0.15) is 49.6 Å². The first-order valence-electron chi connectivity index (χ1n) is 6.74. The number of rotatable bonds is 3. The first-order valence-corrected chi connectivity index (χ1v) is 8.35. The van der Waals surface area contributed by atoms with Crippen LogP contribution in [0, 0.1) is 24.7 Å². The van der Waals surface area contributed by atoms with Crippen molar-refractivity contribution >= 4 is 27.3 Å². The topological polar surface area (TPSA) is 38.0 Å². The van der Waals surface area contributed by atoms with Gasteiger partial charge in [-0.3, -0.25) is 11.3 Å². The van der Waals surface area contributed by atoms with Crippen LogP contribution in [-0.2, 0) is 0 Å². The number of hydrazine groups is 1. The van der Waals surface area contributed by atoms with Gasteiger partial charge in [0, 0.05) is 4.88 Å². The van der Waals surface area contributed by atoms with Crippen LogP contribution in [0.4, 0.5) is 0 Å². The van der Waals surface area contributed by atoms with Crippen molar-refractivity contribution in [2.24, 2.45) is 23.6 Å². The molecule has 4 unspecified atom stereocenters. The molecular formula is C14H23BrN2S. The van der Waals surface area contributed by atoms with E-state index in [1.165, 1.54) is 33.5 Å². The van der Waals surface area contributed by atoms with E-state index in [-0.39, 0.29) is 0 Å². The maximum Gasteiger partial charge on any atom is 0.0731 e. The van der Waals surface area contributed by atoms with Gasteiger partial charge in [-0.15, -0.1) is 11.3 Å². The van der Waals surface area contributed by atoms with Crippen LogP contribution in [0.2, 0.25) is 0 Å². The van der Waals surface area contributed by atoms with Crippen molar-refractivity contribution in [3.05, 3.63) is 20.3 Å². The zero-order valence-electron chi connectivity index (χ0n) is 11.4. The van der Waals surface area contributed by atoms with Gasteiger partial charge >= 0.3 is 0 Å². The lowest BCUT2D eigenvalue weighted by Crippen LogP contribution is -2.36. The van der Waals surface area contributed by atoms with E-state index < -0.39 is 0 Å². The van der Waals surface area contributed by atoms with Crippen LogP contribution >= 0.6 is 27.3 Å². The van der Waals surface area contributed by atoms with Gasteiger partial charge in [-0.1, -0.05) is 20.3 Å². The lowest BCUT2D eigenvalue weighted by atomic mass is 9.73. The highest BCUT2D eigenvalue weighted by atomic mass is 79.9. The minimum absolute atomic E-state index is 0.315. The smallest absolute Gasteiger partial charge is 0.0731 e. The van der Waals surface area contributed by atoms with Crippen molar-refractivity contribution in [3.63, 3.8) is 0 Å². The fraction of sp³-hybridized carbons (Fsp3) is 0.714. The van der Waals surface area contributed by atoms with Crippen LogP contribution in [0.25, 0.3) is 0 Å². The van der Waals surface area contributed by atoms with Gasteiger partial charge < -0.3 is 0 Å². The SMILES string of the molecule is Cc1cc(C(NN)C2CCC(C)C(C)C2)sc1Br. The number of thiophene rings is 1. The summed E-state index contributed by atoms with van der Waals surface area (Å²) < 4.78 is 1.23. The van der Waals surface area contributed by atoms with Gasteiger partial charge in [0.2, 0.25) is 0 Å². The molecule has 2 nitrogen and oxygen atoms in total. The average Bonchev–Trinajstić information content (AvgIpc) is 2.65. The Morgan fingerprint density at radius 2 is 2.11 bits per heavy atom. The van der Waals surface area contributed by atoms with E-state index in [1.54, 1.807) is 0 Å². The summed E-state index contributed by atoms with van der Waals surface area (Å²) in [6.07, 6.45) is 3.90. The molecule has 3 N–H and O–H groups in total. The maximum atomic E-state index is 5.82. The highest BCUT2D eigenvalue weighted by Gasteiger charge is 2.31. The van der Waals surface area contributed by atoms with Gasteiger partial charge in [0.1, 0.15) is 0 Å². The van der Waals surface area contributed by atoms with Crippen molar-refractivity contribution in [1.82, 2.24) is 5.43 Å². The third kappa shape index (κ3) is 2.98. The quantitative estimate of drug-likeness (QED) is 0.636. The van der Waals surface area contributed by atoms with Crippen molar-refractivity contribution in [2.75, 3.05) is 0 Å². The van der Waals surface area contributed by atoms with E-state index >= 15 is 0 Å². The molecule has 1 aliphatic rings. The molecule has 1 aliphatic carbocycles. The molecule has 1 heterocycles. The first-order chi connectivity index (χ1) is 8.52. The van der Waals surface area contributed by atoms with E-state index in [2.05, 4.69) is 48.2 Å². The summed E-state index contributed by atoms with van der Waals surface area (Å²) in [5, 5.41) is 0. The lowest BCUT2D eigenvalue weighted by molar-refractivity contribution is 0.172. The van der Waals surface area contributed by atoms with Crippen molar-refractivity contribution in [1.29, 1.82) is 0 Å². The second kappa shape index (κ2) is 6.04. The Hall–Kier alpha value is 0.100. The van der Waals surface area contributed by atoms with Gasteiger partial charge in [0.25, 0.3) is 0 Å². The van der Waals surface area contributed by atoms with E-state index in [0.717, 1.165) is 11.8 Å². The molecule has 18 heavy (non-hydrogen) atoms. The van der Waals surface area contributed by atoms with Crippen LogP contribution in [-0.4, -0.2) is 0 Å². The molecule has 1 fully saturated rings. The Balaban J connectivity index is 2.13. The average molecular weight is 331 g/mol. The van der Waals surface area contributed by atoms with Gasteiger partial charge in [0.15, 0.2) is 0 Å². The molecule has 0 radical (unpaired) electrons. The normalized spacial score (nSPS) is 30.4. The number of aryl methyl sites for hydroxylation is 1. The van der Waals surface area contributed by atoms with Gasteiger partial charge in [0.05, 0.1) is 9.83 Å². The van der Waals surface area contributed by atoms with E-state index in [4.69, 9.17) is 5.84 Å². The third-order valence-electron chi connectivity index (χ3n) is 4.47. The number of halogens is 1. The number of hydrogen-bond acceptors (Lipinski definition) is 3. The van der Waals surface area contributed by atoms with Gasteiger partial charge in [-0.05, 0) is 65.1 Å². The summed E-state index contributed by atoms with van der Waals surface area (Å²) >= 11 is 5.43. The standard InChI is InChI=1S/C14H23BrN2S/c1-8-4-5-11(6-9(8)2)13(17-16)12-7-10(3)14(15)18-12/h7-9,11,13,17H,4-6,16H2,1-3H3. The van der Waals surface area contributed by atoms with Crippen LogP contribution in [0.5, 0.6) is 0 Å². The highest BCUT2D eigenvalue weighted by molar-refractivity contribution is 9.11. The highest BCUT2D eigenvalue weighted by Crippen LogP contribution is 2.42. The van der Waals surface area contributed by atoms with Crippen LogP contribution < -0.4 is 11.3 Å². The molecule has 0 aliphatic heterocycles. The molecule has 0 bridgehead atoms. The molecule has 4 atom stereocenters. The molecule has 1 aromatic heterocycles. The lowest BCUT2D eigenvalue weighted by Gasteiger charge is -2.36. The molecule has 1 aromatic rings. The fourth-order valence-electron chi connectivity index (χ4n) is 2.98.